The third kappa shape index (κ3) is 5.90. The van der Waals surface area contributed by atoms with Gasteiger partial charge in [-0.2, -0.15) is 0 Å². The largest absolute Gasteiger partial charge is 0.497 e. The Hall–Kier alpha value is -4.05. The number of benzene rings is 3. The van der Waals surface area contributed by atoms with Gasteiger partial charge in [-0.15, -0.1) is 0 Å². The number of ether oxygens (including phenoxy) is 2. The molecule has 2 amide bonds. The maximum atomic E-state index is 13.1. The Labute approximate surface area is 203 Å². The number of sulfonamides is 1. The molecule has 0 spiro atoms. The van der Waals surface area contributed by atoms with Crippen LogP contribution in [-0.2, 0) is 14.8 Å². The van der Waals surface area contributed by atoms with E-state index >= 15 is 0 Å². The van der Waals surface area contributed by atoms with Gasteiger partial charge in [-0.3, -0.25) is 14.3 Å². The average Bonchev–Trinajstić information content (AvgIpc) is 3.70. The number of hydrogen-bond acceptors (Lipinski definition) is 6. The number of carbonyl (C=O) groups is 2. The number of methoxy groups -OCH3 is 2. The summed E-state index contributed by atoms with van der Waals surface area (Å²) in [4.78, 5) is 24.5. The number of anilines is 3. The van der Waals surface area contributed by atoms with Crippen LogP contribution in [0.25, 0.3) is 0 Å². The molecule has 0 saturated heterocycles. The van der Waals surface area contributed by atoms with Crippen LogP contribution in [0.15, 0.2) is 71.6 Å². The Morgan fingerprint density at radius 1 is 0.800 bits per heavy atom. The lowest BCUT2D eigenvalue weighted by Crippen LogP contribution is -2.16. The third-order valence-corrected chi connectivity index (χ3v) is 6.82. The van der Waals surface area contributed by atoms with E-state index in [2.05, 4.69) is 15.4 Å². The second-order valence-electron chi connectivity index (χ2n) is 7.99. The molecule has 1 aliphatic carbocycles. The van der Waals surface area contributed by atoms with Crippen LogP contribution in [0.1, 0.15) is 23.2 Å². The summed E-state index contributed by atoms with van der Waals surface area (Å²) in [7, 11) is -1.14. The standard InChI is InChI=1S/C25H25N3O6S/c1-33-21-12-9-19(10-13-21)28-35(31,32)23-15-20(11-14-22(23)34-2)27-25(30)17-5-7-18(8-6-17)26-24(29)16-3-4-16/h5-16,28H,3-4H2,1-2H3,(H,26,29)(H,27,30). The number of hydrogen-bond donors (Lipinski definition) is 3. The lowest BCUT2D eigenvalue weighted by Gasteiger charge is -2.14. The zero-order chi connectivity index (χ0) is 25.0. The minimum Gasteiger partial charge on any atom is -0.497 e. The average molecular weight is 496 g/mol. The molecule has 0 radical (unpaired) electrons. The van der Waals surface area contributed by atoms with Gasteiger partial charge in [0.25, 0.3) is 15.9 Å². The minimum atomic E-state index is -4.03. The zero-order valence-electron chi connectivity index (χ0n) is 19.2. The molecule has 0 aromatic heterocycles. The van der Waals surface area contributed by atoms with Gasteiger partial charge < -0.3 is 20.1 Å². The monoisotopic (exact) mass is 495 g/mol. The first kappa shape index (κ1) is 24.1. The quantitative estimate of drug-likeness (QED) is 0.411. The molecule has 35 heavy (non-hydrogen) atoms. The fraction of sp³-hybridized carbons (Fsp3) is 0.200. The molecule has 0 bridgehead atoms. The molecule has 0 heterocycles. The van der Waals surface area contributed by atoms with Crippen molar-refractivity contribution >= 4 is 38.9 Å². The summed E-state index contributed by atoms with van der Waals surface area (Å²) in [5.41, 5.74) is 1.58. The second kappa shape index (κ2) is 10.1. The third-order valence-electron chi connectivity index (χ3n) is 5.42. The van der Waals surface area contributed by atoms with E-state index in [0.717, 1.165) is 12.8 Å². The topological polar surface area (TPSA) is 123 Å². The Kier molecular flexibility index (Phi) is 6.92. The summed E-state index contributed by atoms with van der Waals surface area (Å²) in [6, 6.07) is 17.2. The molecular formula is C25H25N3O6S. The van der Waals surface area contributed by atoms with E-state index in [1.54, 1.807) is 54.6 Å². The Morgan fingerprint density at radius 2 is 1.43 bits per heavy atom. The lowest BCUT2D eigenvalue weighted by atomic mass is 10.2. The normalized spacial score (nSPS) is 13.0. The molecule has 1 fully saturated rings. The van der Waals surface area contributed by atoms with Crippen molar-refractivity contribution in [2.45, 2.75) is 17.7 Å². The summed E-state index contributed by atoms with van der Waals surface area (Å²) in [5, 5.41) is 5.52. The van der Waals surface area contributed by atoms with Crippen LogP contribution >= 0.6 is 0 Å². The molecule has 0 unspecified atom stereocenters. The smallest absolute Gasteiger partial charge is 0.265 e. The van der Waals surface area contributed by atoms with E-state index in [0.29, 0.717) is 22.7 Å². The van der Waals surface area contributed by atoms with Gasteiger partial charge >= 0.3 is 0 Å². The summed E-state index contributed by atoms with van der Waals surface area (Å²) >= 11 is 0. The van der Waals surface area contributed by atoms with Gasteiger partial charge in [-0.05, 0) is 79.6 Å². The second-order valence-corrected chi connectivity index (χ2v) is 9.65. The highest BCUT2D eigenvalue weighted by Gasteiger charge is 2.29. The predicted octanol–water partition coefficient (Wildman–Crippen LogP) is 4.11. The highest BCUT2D eigenvalue weighted by Crippen LogP contribution is 2.31. The first-order valence-electron chi connectivity index (χ1n) is 10.9. The number of nitrogens with one attached hydrogen (secondary N) is 3. The van der Waals surface area contributed by atoms with Gasteiger partial charge in [0.15, 0.2) is 0 Å². The van der Waals surface area contributed by atoms with Gasteiger partial charge in [0, 0.05) is 28.5 Å². The molecule has 9 nitrogen and oxygen atoms in total. The van der Waals surface area contributed by atoms with Crippen molar-refractivity contribution in [1.82, 2.24) is 0 Å². The molecule has 10 heteroatoms. The lowest BCUT2D eigenvalue weighted by molar-refractivity contribution is -0.117. The van der Waals surface area contributed by atoms with E-state index in [1.165, 1.54) is 26.4 Å². The van der Waals surface area contributed by atoms with Gasteiger partial charge in [0.05, 0.1) is 14.2 Å². The fourth-order valence-corrected chi connectivity index (χ4v) is 4.59. The highest BCUT2D eigenvalue weighted by atomic mass is 32.2. The van der Waals surface area contributed by atoms with Gasteiger partial charge in [0.1, 0.15) is 16.4 Å². The van der Waals surface area contributed by atoms with Gasteiger partial charge in [-0.25, -0.2) is 8.42 Å². The molecule has 1 saturated carbocycles. The summed E-state index contributed by atoms with van der Waals surface area (Å²) in [5.74, 6) is 0.352. The van der Waals surface area contributed by atoms with Crippen LogP contribution in [0.4, 0.5) is 17.1 Å². The molecule has 0 atom stereocenters. The van der Waals surface area contributed by atoms with Crippen LogP contribution in [0.3, 0.4) is 0 Å². The number of rotatable bonds is 9. The molecule has 3 N–H and O–H groups in total. The van der Waals surface area contributed by atoms with Crippen molar-refractivity contribution in [1.29, 1.82) is 0 Å². The van der Waals surface area contributed by atoms with Crippen LogP contribution in [-0.4, -0.2) is 34.5 Å². The number of carbonyl (C=O) groups excluding carboxylic acids is 2. The summed E-state index contributed by atoms with van der Waals surface area (Å²) in [6.07, 6.45) is 1.81. The van der Waals surface area contributed by atoms with E-state index in [4.69, 9.17) is 9.47 Å². The zero-order valence-corrected chi connectivity index (χ0v) is 20.0. The predicted molar refractivity (Wildman–Crippen MR) is 133 cm³/mol. The first-order valence-corrected chi connectivity index (χ1v) is 12.3. The van der Waals surface area contributed by atoms with Crippen LogP contribution < -0.4 is 24.8 Å². The minimum absolute atomic E-state index is 0.0163. The fourth-order valence-electron chi connectivity index (χ4n) is 3.33. The van der Waals surface area contributed by atoms with Crippen molar-refractivity contribution in [2.24, 2.45) is 5.92 Å². The van der Waals surface area contributed by atoms with Crippen molar-refractivity contribution < 1.29 is 27.5 Å². The van der Waals surface area contributed by atoms with E-state index in [-0.39, 0.29) is 28.2 Å². The summed E-state index contributed by atoms with van der Waals surface area (Å²) in [6.45, 7) is 0. The van der Waals surface area contributed by atoms with Crippen molar-refractivity contribution in [3.05, 3.63) is 72.3 Å². The van der Waals surface area contributed by atoms with Crippen molar-refractivity contribution in [3.8, 4) is 11.5 Å². The molecule has 3 aromatic rings. The first-order chi connectivity index (χ1) is 16.8. The Morgan fingerprint density at radius 3 is 2.03 bits per heavy atom. The van der Waals surface area contributed by atoms with Crippen LogP contribution in [0, 0.1) is 5.92 Å². The Balaban J connectivity index is 1.49. The van der Waals surface area contributed by atoms with Crippen LogP contribution in [0.5, 0.6) is 11.5 Å². The maximum Gasteiger partial charge on any atom is 0.265 e. The van der Waals surface area contributed by atoms with E-state index < -0.39 is 15.9 Å². The van der Waals surface area contributed by atoms with Crippen molar-refractivity contribution in [2.75, 3.05) is 29.6 Å². The van der Waals surface area contributed by atoms with Crippen molar-refractivity contribution in [3.63, 3.8) is 0 Å². The summed E-state index contributed by atoms with van der Waals surface area (Å²) < 4.78 is 38.9. The van der Waals surface area contributed by atoms with Crippen LogP contribution in [0.2, 0.25) is 0 Å². The highest BCUT2D eigenvalue weighted by molar-refractivity contribution is 7.92. The number of amides is 2. The van der Waals surface area contributed by atoms with E-state index in [1.807, 2.05) is 0 Å². The van der Waals surface area contributed by atoms with Gasteiger partial charge in [0.2, 0.25) is 5.91 Å². The van der Waals surface area contributed by atoms with Gasteiger partial charge in [-0.1, -0.05) is 0 Å². The Bertz CT molecular complexity index is 1330. The van der Waals surface area contributed by atoms with E-state index in [9.17, 15) is 18.0 Å². The molecule has 0 aliphatic heterocycles. The molecule has 4 rings (SSSR count). The SMILES string of the molecule is COc1ccc(NS(=O)(=O)c2cc(NC(=O)c3ccc(NC(=O)C4CC4)cc3)ccc2OC)cc1. The molecular weight excluding hydrogens is 470 g/mol. The maximum absolute atomic E-state index is 13.1. The molecule has 182 valence electrons. The molecule has 3 aromatic carbocycles. The molecule has 1 aliphatic rings.